The summed E-state index contributed by atoms with van der Waals surface area (Å²) in [4.78, 5) is 2.28. The minimum atomic E-state index is -0.123. The van der Waals surface area contributed by atoms with Crippen molar-refractivity contribution in [1.82, 2.24) is 0 Å². The number of nitrogens with zero attached hydrogens (tertiary/aromatic N) is 1. The van der Waals surface area contributed by atoms with Crippen LogP contribution in [0.1, 0.15) is 25.3 Å². The molecule has 1 aromatic carbocycles. The molecule has 2 rings (SSSR count). The van der Waals surface area contributed by atoms with Crippen molar-refractivity contribution >= 4 is 5.69 Å². The van der Waals surface area contributed by atoms with Crippen LogP contribution >= 0.6 is 0 Å². The van der Waals surface area contributed by atoms with E-state index < -0.39 is 0 Å². The summed E-state index contributed by atoms with van der Waals surface area (Å²) in [5.41, 5.74) is 7.38. The maximum atomic E-state index is 13.8. The molecule has 0 bridgehead atoms. The second-order valence-corrected chi connectivity index (χ2v) is 4.76. The van der Waals surface area contributed by atoms with Gasteiger partial charge in [-0.2, -0.15) is 0 Å². The Morgan fingerprint density at radius 3 is 2.76 bits per heavy atom. The highest BCUT2D eigenvalue weighted by Gasteiger charge is 2.25. The Morgan fingerprint density at radius 1 is 1.41 bits per heavy atom. The third kappa shape index (κ3) is 2.97. The lowest BCUT2D eigenvalue weighted by Crippen LogP contribution is -2.27. The molecule has 1 saturated carbocycles. The third-order valence-electron chi connectivity index (χ3n) is 3.39. The summed E-state index contributed by atoms with van der Waals surface area (Å²) < 4.78 is 13.8. The number of hydrogen-bond donors (Lipinski definition) is 1. The minimum absolute atomic E-state index is 0.123. The van der Waals surface area contributed by atoms with Gasteiger partial charge in [0.25, 0.3) is 0 Å². The Kier molecular flexibility index (Phi) is 4.00. The second kappa shape index (κ2) is 5.50. The summed E-state index contributed by atoms with van der Waals surface area (Å²) in [5, 5.41) is 0. The number of benzene rings is 1. The summed E-state index contributed by atoms with van der Waals surface area (Å²) in [7, 11) is 0. The SMILES string of the molecule is CCN(CC1CC1)c1cccc(F)c1CCN. The zero-order chi connectivity index (χ0) is 12.3. The van der Waals surface area contributed by atoms with E-state index in [0.29, 0.717) is 13.0 Å². The quantitative estimate of drug-likeness (QED) is 0.822. The molecule has 1 fully saturated rings. The van der Waals surface area contributed by atoms with Crippen molar-refractivity contribution in [2.45, 2.75) is 26.2 Å². The molecule has 94 valence electrons. The first-order chi connectivity index (χ1) is 8.26. The summed E-state index contributed by atoms with van der Waals surface area (Å²) in [5.74, 6) is 0.686. The molecule has 0 aliphatic heterocycles. The Balaban J connectivity index is 2.23. The molecule has 3 heteroatoms. The maximum absolute atomic E-state index is 13.8. The number of rotatable bonds is 6. The number of hydrogen-bond acceptors (Lipinski definition) is 2. The smallest absolute Gasteiger partial charge is 0.128 e. The summed E-state index contributed by atoms with van der Waals surface area (Å²) in [6.07, 6.45) is 3.25. The lowest BCUT2D eigenvalue weighted by Gasteiger charge is -2.26. The molecule has 0 aromatic heterocycles. The van der Waals surface area contributed by atoms with Crippen molar-refractivity contribution in [3.63, 3.8) is 0 Å². The highest BCUT2D eigenvalue weighted by molar-refractivity contribution is 5.54. The zero-order valence-electron chi connectivity index (χ0n) is 10.5. The molecule has 0 unspecified atom stereocenters. The fourth-order valence-corrected chi connectivity index (χ4v) is 2.25. The van der Waals surface area contributed by atoms with Crippen molar-refractivity contribution in [3.05, 3.63) is 29.6 Å². The van der Waals surface area contributed by atoms with Crippen LogP contribution in [0.5, 0.6) is 0 Å². The molecule has 0 amide bonds. The van der Waals surface area contributed by atoms with E-state index in [2.05, 4.69) is 11.8 Å². The standard InChI is InChI=1S/C14H21FN2/c1-2-17(10-11-6-7-11)14-5-3-4-13(15)12(14)8-9-16/h3-5,11H,2,6-10,16H2,1H3. The van der Waals surface area contributed by atoms with E-state index in [0.717, 1.165) is 30.3 Å². The van der Waals surface area contributed by atoms with Gasteiger partial charge in [0.05, 0.1) is 0 Å². The Bertz CT molecular complexity index is 374. The molecule has 17 heavy (non-hydrogen) atoms. The van der Waals surface area contributed by atoms with Gasteiger partial charge in [-0.15, -0.1) is 0 Å². The summed E-state index contributed by atoms with van der Waals surface area (Å²) >= 11 is 0. The van der Waals surface area contributed by atoms with Crippen molar-refractivity contribution in [3.8, 4) is 0 Å². The van der Waals surface area contributed by atoms with Crippen LogP contribution in [0.25, 0.3) is 0 Å². The molecular weight excluding hydrogens is 215 g/mol. The number of nitrogens with two attached hydrogens (primary N) is 1. The third-order valence-corrected chi connectivity index (χ3v) is 3.39. The number of halogens is 1. The molecule has 0 radical (unpaired) electrons. The van der Waals surface area contributed by atoms with Crippen LogP contribution in [-0.4, -0.2) is 19.6 Å². The van der Waals surface area contributed by atoms with Crippen LogP contribution in [0.3, 0.4) is 0 Å². The van der Waals surface area contributed by atoms with Gasteiger partial charge in [0.15, 0.2) is 0 Å². The molecule has 2 N–H and O–H groups in total. The van der Waals surface area contributed by atoms with Crippen molar-refractivity contribution in [2.75, 3.05) is 24.5 Å². The van der Waals surface area contributed by atoms with Crippen LogP contribution < -0.4 is 10.6 Å². The van der Waals surface area contributed by atoms with Gasteiger partial charge in [-0.3, -0.25) is 0 Å². The molecule has 1 aliphatic carbocycles. The van der Waals surface area contributed by atoms with E-state index >= 15 is 0 Å². The van der Waals surface area contributed by atoms with Crippen LogP contribution in [0.4, 0.5) is 10.1 Å². The monoisotopic (exact) mass is 236 g/mol. The lowest BCUT2D eigenvalue weighted by molar-refractivity contribution is 0.606. The van der Waals surface area contributed by atoms with Gasteiger partial charge in [0.1, 0.15) is 5.82 Å². The van der Waals surface area contributed by atoms with Gasteiger partial charge in [0.2, 0.25) is 0 Å². The Labute approximate surface area is 103 Å². The van der Waals surface area contributed by atoms with Gasteiger partial charge in [-0.05, 0) is 50.8 Å². The van der Waals surface area contributed by atoms with Gasteiger partial charge in [0, 0.05) is 24.3 Å². The van der Waals surface area contributed by atoms with E-state index in [1.165, 1.54) is 18.9 Å². The average molecular weight is 236 g/mol. The summed E-state index contributed by atoms with van der Waals surface area (Å²) in [6.45, 7) is 4.60. The highest BCUT2D eigenvalue weighted by atomic mass is 19.1. The predicted molar refractivity (Wildman–Crippen MR) is 69.8 cm³/mol. The van der Waals surface area contributed by atoms with Gasteiger partial charge in [-0.1, -0.05) is 6.07 Å². The molecule has 0 saturated heterocycles. The van der Waals surface area contributed by atoms with E-state index in [-0.39, 0.29) is 5.82 Å². The molecule has 1 aromatic rings. The molecule has 2 nitrogen and oxygen atoms in total. The fourth-order valence-electron chi connectivity index (χ4n) is 2.25. The minimum Gasteiger partial charge on any atom is -0.371 e. The van der Waals surface area contributed by atoms with E-state index in [1.807, 2.05) is 6.07 Å². The van der Waals surface area contributed by atoms with Crippen molar-refractivity contribution in [2.24, 2.45) is 11.7 Å². The van der Waals surface area contributed by atoms with Gasteiger partial charge in [-0.25, -0.2) is 4.39 Å². The Hall–Kier alpha value is -1.09. The first-order valence-electron chi connectivity index (χ1n) is 6.48. The molecule has 0 spiro atoms. The van der Waals surface area contributed by atoms with E-state index in [9.17, 15) is 4.39 Å². The van der Waals surface area contributed by atoms with Crippen molar-refractivity contribution in [1.29, 1.82) is 0 Å². The lowest BCUT2D eigenvalue weighted by atomic mass is 10.1. The first-order valence-corrected chi connectivity index (χ1v) is 6.48. The fraction of sp³-hybridized carbons (Fsp3) is 0.571. The normalized spacial score (nSPS) is 15.0. The molecule has 0 heterocycles. The highest BCUT2D eigenvalue weighted by Crippen LogP contribution is 2.32. The largest absolute Gasteiger partial charge is 0.371 e. The van der Waals surface area contributed by atoms with Gasteiger partial charge < -0.3 is 10.6 Å². The van der Waals surface area contributed by atoms with Gasteiger partial charge >= 0.3 is 0 Å². The Morgan fingerprint density at radius 2 is 2.18 bits per heavy atom. The predicted octanol–water partition coefficient (Wildman–Crippen LogP) is 2.56. The number of anilines is 1. The van der Waals surface area contributed by atoms with E-state index in [1.54, 1.807) is 6.07 Å². The topological polar surface area (TPSA) is 29.3 Å². The molecular formula is C14H21FN2. The van der Waals surface area contributed by atoms with Crippen LogP contribution in [0.15, 0.2) is 18.2 Å². The molecule has 0 atom stereocenters. The summed E-state index contributed by atoms with van der Waals surface area (Å²) in [6, 6.07) is 5.33. The first kappa shape index (κ1) is 12.4. The van der Waals surface area contributed by atoms with Crippen LogP contribution in [0, 0.1) is 11.7 Å². The average Bonchev–Trinajstić information content (AvgIpc) is 3.13. The van der Waals surface area contributed by atoms with E-state index in [4.69, 9.17) is 5.73 Å². The van der Waals surface area contributed by atoms with Crippen molar-refractivity contribution < 1.29 is 4.39 Å². The maximum Gasteiger partial charge on any atom is 0.128 e. The van der Waals surface area contributed by atoms with Crippen LogP contribution in [-0.2, 0) is 6.42 Å². The zero-order valence-corrected chi connectivity index (χ0v) is 10.5. The second-order valence-electron chi connectivity index (χ2n) is 4.76. The molecule has 1 aliphatic rings. The van der Waals surface area contributed by atoms with Crippen LogP contribution in [0.2, 0.25) is 0 Å².